The number of anilines is 2. The quantitative estimate of drug-likeness (QED) is 0.665. The molecule has 1 amide bonds. The van der Waals surface area contributed by atoms with Crippen LogP contribution in [0, 0.1) is 22.9 Å². The van der Waals surface area contributed by atoms with Gasteiger partial charge in [-0.3, -0.25) is 14.9 Å². The molecule has 0 saturated heterocycles. The molecule has 1 aromatic carbocycles. The van der Waals surface area contributed by atoms with Crippen LogP contribution in [0.25, 0.3) is 0 Å². The van der Waals surface area contributed by atoms with Gasteiger partial charge in [0.2, 0.25) is 0 Å². The monoisotopic (exact) mass is 290 g/mol. The van der Waals surface area contributed by atoms with Crippen molar-refractivity contribution in [3.05, 3.63) is 57.5 Å². The lowest BCUT2D eigenvalue weighted by molar-refractivity contribution is -0.385. The van der Waals surface area contributed by atoms with Gasteiger partial charge in [-0.05, 0) is 19.1 Å². The molecule has 0 spiro atoms. The minimum atomic E-state index is -0.697. The molecule has 0 radical (unpaired) electrons. The second-order valence-electron chi connectivity index (χ2n) is 4.25. The molecule has 108 valence electrons. The Morgan fingerprint density at radius 1 is 1.48 bits per heavy atom. The summed E-state index contributed by atoms with van der Waals surface area (Å²) in [4.78, 5) is 25.7. The Bertz CT molecular complexity index is 733. The van der Waals surface area contributed by atoms with Crippen molar-refractivity contribution in [2.75, 3.05) is 11.1 Å². The van der Waals surface area contributed by atoms with Crippen LogP contribution >= 0.6 is 0 Å². The van der Waals surface area contributed by atoms with Crippen molar-refractivity contribution in [2.45, 2.75) is 6.92 Å². The van der Waals surface area contributed by atoms with E-state index in [2.05, 4.69) is 10.3 Å². The summed E-state index contributed by atoms with van der Waals surface area (Å²) in [6.07, 6.45) is 0.958. The summed E-state index contributed by atoms with van der Waals surface area (Å²) < 4.78 is 13.4. The fourth-order valence-electron chi connectivity index (χ4n) is 1.68. The minimum absolute atomic E-state index is 0.145. The number of amides is 1. The number of benzene rings is 1. The van der Waals surface area contributed by atoms with Crippen molar-refractivity contribution in [1.29, 1.82) is 0 Å². The van der Waals surface area contributed by atoms with E-state index in [9.17, 15) is 19.3 Å². The number of hydrogen-bond donors (Lipinski definition) is 2. The number of nitrogens with one attached hydrogen (secondary N) is 1. The van der Waals surface area contributed by atoms with Gasteiger partial charge >= 0.3 is 0 Å². The summed E-state index contributed by atoms with van der Waals surface area (Å²) in [5.41, 5.74) is 5.55. The molecular formula is C13H11FN4O3. The zero-order valence-electron chi connectivity index (χ0n) is 11.0. The Morgan fingerprint density at radius 3 is 2.86 bits per heavy atom. The molecular weight excluding hydrogens is 279 g/mol. The second kappa shape index (κ2) is 5.53. The van der Waals surface area contributed by atoms with Crippen molar-refractivity contribution >= 4 is 23.1 Å². The lowest BCUT2D eigenvalue weighted by Gasteiger charge is -2.09. The predicted octanol–water partition coefficient (Wildman–Crippen LogP) is 2.27. The van der Waals surface area contributed by atoms with E-state index in [1.54, 1.807) is 0 Å². The van der Waals surface area contributed by atoms with Crippen LogP contribution in [0.2, 0.25) is 0 Å². The third-order valence-electron chi connectivity index (χ3n) is 2.88. The van der Waals surface area contributed by atoms with Gasteiger partial charge in [0.15, 0.2) is 0 Å². The first-order chi connectivity index (χ1) is 9.90. The molecule has 1 heterocycles. The third kappa shape index (κ3) is 2.94. The number of hydrogen-bond acceptors (Lipinski definition) is 5. The fourth-order valence-corrected chi connectivity index (χ4v) is 1.68. The average Bonchev–Trinajstić information content (AvgIpc) is 2.44. The Labute approximate surface area is 118 Å². The van der Waals surface area contributed by atoms with Crippen LogP contribution in [-0.4, -0.2) is 15.8 Å². The number of halogens is 1. The van der Waals surface area contributed by atoms with Crippen LogP contribution in [0.15, 0.2) is 30.5 Å². The standard InChI is InChI=1S/C13H11FN4O3/c1-7-10(14)3-2-4-11(7)17-13(19)9-5-8(18(20)21)6-16-12(9)15/h2-6H,1H3,(H2,15,16)(H,17,19). The molecule has 0 unspecified atom stereocenters. The molecule has 2 rings (SSSR count). The Kier molecular flexibility index (Phi) is 3.79. The van der Waals surface area contributed by atoms with Crippen molar-refractivity contribution in [2.24, 2.45) is 0 Å². The fraction of sp³-hybridized carbons (Fsp3) is 0.0769. The van der Waals surface area contributed by atoms with Gasteiger partial charge in [0, 0.05) is 17.3 Å². The van der Waals surface area contributed by atoms with E-state index in [0.717, 1.165) is 12.3 Å². The highest BCUT2D eigenvalue weighted by molar-refractivity contribution is 6.07. The number of nitro groups is 1. The van der Waals surface area contributed by atoms with E-state index in [0.29, 0.717) is 0 Å². The van der Waals surface area contributed by atoms with Gasteiger partial charge in [0.25, 0.3) is 11.6 Å². The smallest absolute Gasteiger partial charge is 0.288 e. The van der Waals surface area contributed by atoms with Crippen LogP contribution in [0.5, 0.6) is 0 Å². The summed E-state index contributed by atoms with van der Waals surface area (Å²) in [7, 11) is 0. The van der Waals surface area contributed by atoms with Crippen molar-refractivity contribution in [1.82, 2.24) is 4.98 Å². The van der Waals surface area contributed by atoms with Gasteiger partial charge in [-0.25, -0.2) is 9.37 Å². The summed E-state index contributed by atoms with van der Waals surface area (Å²) in [5, 5.41) is 13.1. The average molecular weight is 290 g/mol. The van der Waals surface area contributed by atoms with E-state index < -0.39 is 16.6 Å². The highest BCUT2D eigenvalue weighted by Gasteiger charge is 2.17. The predicted molar refractivity (Wildman–Crippen MR) is 74.4 cm³/mol. The van der Waals surface area contributed by atoms with E-state index >= 15 is 0 Å². The molecule has 2 aromatic rings. The summed E-state index contributed by atoms with van der Waals surface area (Å²) in [6, 6.07) is 5.23. The molecule has 0 aliphatic heterocycles. The van der Waals surface area contributed by atoms with Gasteiger partial charge in [-0.2, -0.15) is 0 Å². The van der Waals surface area contributed by atoms with E-state index in [4.69, 9.17) is 5.73 Å². The van der Waals surface area contributed by atoms with E-state index in [1.807, 2.05) is 0 Å². The molecule has 0 saturated carbocycles. The topological polar surface area (TPSA) is 111 Å². The number of rotatable bonds is 3. The number of pyridine rings is 1. The highest BCUT2D eigenvalue weighted by atomic mass is 19.1. The lowest BCUT2D eigenvalue weighted by atomic mass is 10.1. The number of nitrogen functional groups attached to an aromatic ring is 1. The van der Waals surface area contributed by atoms with Gasteiger partial charge in [-0.15, -0.1) is 0 Å². The Hall–Kier alpha value is -3.03. The van der Waals surface area contributed by atoms with Crippen LogP contribution in [0.3, 0.4) is 0 Å². The molecule has 0 atom stereocenters. The van der Waals surface area contributed by atoms with Crippen molar-refractivity contribution in [3.8, 4) is 0 Å². The number of carbonyl (C=O) groups is 1. The second-order valence-corrected chi connectivity index (χ2v) is 4.25. The number of nitrogens with two attached hydrogens (primary N) is 1. The summed E-state index contributed by atoms with van der Waals surface area (Å²) in [6.45, 7) is 1.50. The largest absolute Gasteiger partial charge is 0.383 e. The molecule has 3 N–H and O–H groups in total. The van der Waals surface area contributed by atoms with Crippen LogP contribution in [0.4, 0.5) is 21.6 Å². The van der Waals surface area contributed by atoms with Gasteiger partial charge in [0.1, 0.15) is 17.8 Å². The SMILES string of the molecule is Cc1c(F)cccc1NC(=O)c1cc([N+](=O)[O-])cnc1N. The maximum Gasteiger partial charge on any atom is 0.288 e. The maximum absolute atomic E-state index is 13.4. The van der Waals surface area contributed by atoms with Crippen molar-refractivity contribution < 1.29 is 14.1 Å². The van der Waals surface area contributed by atoms with Gasteiger partial charge < -0.3 is 11.1 Å². The summed E-state index contributed by atoms with van der Waals surface area (Å²) in [5.74, 6) is -1.32. The Balaban J connectivity index is 2.34. The molecule has 0 aliphatic carbocycles. The zero-order valence-corrected chi connectivity index (χ0v) is 11.0. The zero-order chi connectivity index (χ0) is 15.6. The third-order valence-corrected chi connectivity index (χ3v) is 2.88. The first-order valence-electron chi connectivity index (χ1n) is 5.86. The van der Waals surface area contributed by atoms with E-state index in [1.165, 1.54) is 25.1 Å². The van der Waals surface area contributed by atoms with Gasteiger partial charge in [0.05, 0.1) is 10.5 Å². The maximum atomic E-state index is 13.4. The molecule has 7 nitrogen and oxygen atoms in total. The number of nitrogens with zero attached hydrogens (tertiary/aromatic N) is 2. The van der Waals surface area contributed by atoms with Crippen LogP contribution in [-0.2, 0) is 0 Å². The molecule has 8 heteroatoms. The molecule has 0 fully saturated rings. The number of aromatic nitrogens is 1. The normalized spacial score (nSPS) is 10.2. The van der Waals surface area contributed by atoms with Crippen LogP contribution in [0.1, 0.15) is 15.9 Å². The van der Waals surface area contributed by atoms with Gasteiger partial charge in [-0.1, -0.05) is 6.07 Å². The highest BCUT2D eigenvalue weighted by Crippen LogP contribution is 2.21. The summed E-state index contributed by atoms with van der Waals surface area (Å²) >= 11 is 0. The molecule has 1 aromatic heterocycles. The van der Waals surface area contributed by atoms with Crippen LogP contribution < -0.4 is 11.1 Å². The molecule has 0 bridgehead atoms. The minimum Gasteiger partial charge on any atom is -0.383 e. The molecule has 0 aliphatic rings. The Morgan fingerprint density at radius 2 is 2.19 bits per heavy atom. The first-order valence-corrected chi connectivity index (χ1v) is 5.86. The molecule has 21 heavy (non-hydrogen) atoms. The van der Waals surface area contributed by atoms with Crippen molar-refractivity contribution in [3.63, 3.8) is 0 Å². The first kappa shape index (κ1) is 14.4. The van der Waals surface area contributed by atoms with E-state index in [-0.39, 0.29) is 28.3 Å². The lowest BCUT2D eigenvalue weighted by Crippen LogP contribution is -2.16. The number of carbonyl (C=O) groups excluding carboxylic acids is 1.